The Morgan fingerprint density at radius 3 is 2.94 bits per heavy atom. The number of nitriles is 1. The van der Waals surface area contributed by atoms with E-state index in [1.54, 1.807) is 6.07 Å². The minimum atomic E-state index is -0.797. The van der Waals surface area contributed by atoms with Crippen LogP contribution in [0, 0.1) is 11.3 Å². The van der Waals surface area contributed by atoms with Gasteiger partial charge in [0.15, 0.2) is 5.82 Å². The Kier molecular flexibility index (Phi) is 3.65. The number of nitrogen functional groups attached to an aromatic ring is 1. The molecule has 0 aromatic carbocycles. The molecule has 4 N–H and O–H groups in total. The van der Waals surface area contributed by atoms with E-state index >= 15 is 0 Å². The van der Waals surface area contributed by atoms with Crippen molar-refractivity contribution in [3.05, 3.63) is 17.8 Å². The van der Waals surface area contributed by atoms with Gasteiger partial charge in [-0.15, -0.1) is 0 Å². The summed E-state index contributed by atoms with van der Waals surface area (Å²) in [5, 5.41) is 22.1. The van der Waals surface area contributed by atoms with Crippen LogP contribution < -0.4 is 11.1 Å². The van der Waals surface area contributed by atoms with Crippen molar-refractivity contribution in [3.8, 4) is 6.07 Å². The molecule has 96 valence electrons. The highest BCUT2D eigenvalue weighted by atomic mass is 16.5. The van der Waals surface area contributed by atoms with Gasteiger partial charge in [0.2, 0.25) is 0 Å². The van der Waals surface area contributed by atoms with Gasteiger partial charge in [-0.1, -0.05) is 0 Å². The van der Waals surface area contributed by atoms with Crippen LogP contribution in [0.5, 0.6) is 0 Å². The average Bonchev–Trinajstić information content (AvgIpc) is 2.38. The molecule has 0 saturated carbocycles. The molecule has 1 aromatic heterocycles. The number of pyridine rings is 1. The molecule has 1 aromatic rings. The molecule has 0 amide bonds. The minimum Gasteiger partial charge on any atom is -0.395 e. The van der Waals surface area contributed by atoms with E-state index in [1.807, 2.05) is 6.07 Å². The van der Waals surface area contributed by atoms with E-state index in [9.17, 15) is 5.11 Å². The van der Waals surface area contributed by atoms with E-state index in [2.05, 4.69) is 10.3 Å². The quantitative estimate of drug-likeness (QED) is 0.719. The van der Waals surface area contributed by atoms with Gasteiger partial charge in [0.1, 0.15) is 6.07 Å². The van der Waals surface area contributed by atoms with E-state index in [0.29, 0.717) is 49.7 Å². The SMILES string of the molecule is N#Cc1ccnc(NCC2(O)CCOCC2)c1N. The molecule has 0 unspecified atom stereocenters. The van der Waals surface area contributed by atoms with Crippen LogP contribution in [0.4, 0.5) is 11.5 Å². The fourth-order valence-corrected chi connectivity index (χ4v) is 1.89. The van der Waals surface area contributed by atoms with E-state index in [1.165, 1.54) is 6.20 Å². The Balaban J connectivity index is 2.04. The molecule has 6 heteroatoms. The summed E-state index contributed by atoms with van der Waals surface area (Å²) >= 11 is 0. The monoisotopic (exact) mass is 248 g/mol. The molecule has 0 spiro atoms. The van der Waals surface area contributed by atoms with Gasteiger partial charge in [-0.25, -0.2) is 4.98 Å². The molecular formula is C12H16N4O2. The van der Waals surface area contributed by atoms with Gasteiger partial charge in [-0.2, -0.15) is 5.26 Å². The normalized spacial score (nSPS) is 18.0. The molecule has 18 heavy (non-hydrogen) atoms. The highest BCUT2D eigenvalue weighted by Crippen LogP contribution is 2.23. The molecule has 2 rings (SSSR count). The van der Waals surface area contributed by atoms with Crippen LogP contribution in [0.15, 0.2) is 12.3 Å². The van der Waals surface area contributed by atoms with Crippen LogP contribution in [0.2, 0.25) is 0 Å². The predicted octanol–water partition coefficient (Wildman–Crippen LogP) is 0.489. The lowest BCUT2D eigenvalue weighted by atomic mass is 9.94. The Bertz CT molecular complexity index is 464. The smallest absolute Gasteiger partial charge is 0.150 e. The van der Waals surface area contributed by atoms with Gasteiger partial charge < -0.3 is 20.9 Å². The maximum atomic E-state index is 10.3. The van der Waals surface area contributed by atoms with E-state index in [-0.39, 0.29) is 0 Å². The number of nitrogens with one attached hydrogen (secondary N) is 1. The van der Waals surface area contributed by atoms with Crippen molar-refractivity contribution < 1.29 is 9.84 Å². The Morgan fingerprint density at radius 1 is 1.56 bits per heavy atom. The summed E-state index contributed by atoms with van der Waals surface area (Å²) in [5.41, 5.74) is 5.70. The summed E-state index contributed by atoms with van der Waals surface area (Å²) in [5.74, 6) is 0.439. The van der Waals surface area contributed by atoms with Crippen molar-refractivity contribution in [1.82, 2.24) is 4.98 Å². The first kappa shape index (κ1) is 12.6. The summed E-state index contributed by atoms with van der Waals surface area (Å²) in [6.45, 7) is 1.46. The second-order valence-electron chi connectivity index (χ2n) is 4.42. The molecule has 0 aliphatic carbocycles. The number of rotatable bonds is 3. The number of nitrogens with zero attached hydrogens (tertiary/aromatic N) is 2. The fraction of sp³-hybridized carbons (Fsp3) is 0.500. The third kappa shape index (κ3) is 2.70. The first-order chi connectivity index (χ1) is 8.64. The predicted molar refractivity (Wildman–Crippen MR) is 66.9 cm³/mol. The molecule has 0 radical (unpaired) electrons. The molecule has 1 fully saturated rings. The largest absolute Gasteiger partial charge is 0.395 e. The van der Waals surface area contributed by atoms with E-state index in [4.69, 9.17) is 15.7 Å². The van der Waals surface area contributed by atoms with Gasteiger partial charge >= 0.3 is 0 Å². The van der Waals surface area contributed by atoms with E-state index in [0.717, 1.165) is 0 Å². The lowest BCUT2D eigenvalue weighted by Gasteiger charge is -2.32. The fourth-order valence-electron chi connectivity index (χ4n) is 1.89. The first-order valence-electron chi connectivity index (χ1n) is 5.83. The second-order valence-corrected chi connectivity index (χ2v) is 4.42. The topological polar surface area (TPSA) is 104 Å². The zero-order chi connectivity index (χ0) is 13.0. The maximum Gasteiger partial charge on any atom is 0.150 e. The molecule has 1 aliphatic rings. The van der Waals surface area contributed by atoms with Crippen molar-refractivity contribution in [3.63, 3.8) is 0 Å². The van der Waals surface area contributed by atoms with Gasteiger partial charge in [0, 0.05) is 38.8 Å². The summed E-state index contributed by atoms with van der Waals surface area (Å²) in [6.07, 6.45) is 2.68. The maximum absolute atomic E-state index is 10.3. The summed E-state index contributed by atoms with van der Waals surface area (Å²) in [7, 11) is 0. The lowest BCUT2D eigenvalue weighted by molar-refractivity contribution is -0.0543. The van der Waals surface area contributed by atoms with Gasteiger partial charge in [0.05, 0.1) is 16.9 Å². The minimum absolute atomic E-state index is 0.315. The van der Waals surface area contributed by atoms with E-state index < -0.39 is 5.60 Å². The molecule has 6 nitrogen and oxygen atoms in total. The molecule has 2 heterocycles. The number of hydrogen-bond acceptors (Lipinski definition) is 6. The zero-order valence-electron chi connectivity index (χ0n) is 10.0. The Morgan fingerprint density at radius 2 is 2.28 bits per heavy atom. The summed E-state index contributed by atoms with van der Waals surface area (Å²) < 4.78 is 5.21. The van der Waals surface area contributed by atoms with Gasteiger partial charge in [-0.05, 0) is 6.07 Å². The van der Waals surface area contributed by atoms with Crippen molar-refractivity contribution in [2.45, 2.75) is 18.4 Å². The van der Waals surface area contributed by atoms with Crippen LogP contribution in [0.25, 0.3) is 0 Å². The second kappa shape index (κ2) is 5.21. The molecular weight excluding hydrogens is 232 g/mol. The molecule has 1 aliphatic heterocycles. The number of ether oxygens (including phenoxy) is 1. The Labute approximate surface area is 105 Å². The van der Waals surface area contributed by atoms with Crippen molar-refractivity contribution in [2.75, 3.05) is 30.8 Å². The lowest BCUT2D eigenvalue weighted by Crippen LogP contribution is -2.42. The summed E-state index contributed by atoms with van der Waals surface area (Å²) in [6, 6.07) is 3.55. The van der Waals surface area contributed by atoms with Crippen LogP contribution >= 0.6 is 0 Å². The first-order valence-corrected chi connectivity index (χ1v) is 5.83. The Hall–Kier alpha value is -1.84. The van der Waals surface area contributed by atoms with Crippen LogP contribution in [-0.4, -0.2) is 35.5 Å². The molecule has 0 atom stereocenters. The van der Waals surface area contributed by atoms with Crippen LogP contribution in [0.3, 0.4) is 0 Å². The van der Waals surface area contributed by atoms with Crippen molar-refractivity contribution in [1.29, 1.82) is 5.26 Å². The number of hydrogen-bond donors (Lipinski definition) is 3. The highest BCUT2D eigenvalue weighted by Gasteiger charge is 2.29. The summed E-state index contributed by atoms with van der Waals surface area (Å²) in [4.78, 5) is 4.07. The van der Waals surface area contributed by atoms with Crippen LogP contribution in [0.1, 0.15) is 18.4 Å². The number of anilines is 2. The molecule has 0 bridgehead atoms. The van der Waals surface area contributed by atoms with Gasteiger partial charge in [-0.3, -0.25) is 0 Å². The zero-order valence-corrected chi connectivity index (χ0v) is 10.0. The third-order valence-corrected chi connectivity index (χ3v) is 3.12. The number of nitrogens with two attached hydrogens (primary N) is 1. The van der Waals surface area contributed by atoms with Crippen molar-refractivity contribution in [2.24, 2.45) is 0 Å². The third-order valence-electron chi connectivity index (χ3n) is 3.12. The average molecular weight is 248 g/mol. The van der Waals surface area contributed by atoms with Crippen molar-refractivity contribution >= 4 is 11.5 Å². The van der Waals surface area contributed by atoms with Crippen LogP contribution in [-0.2, 0) is 4.74 Å². The highest BCUT2D eigenvalue weighted by molar-refractivity contribution is 5.68. The number of aliphatic hydroxyl groups is 1. The molecule has 1 saturated heterocycles. The number of aromatic nitrogens is 1. The standard InChI is InChI=1S/C12H16N4O2/c13-7-9-1-4-15-11(10(9)14)16-8-12(17)2-5-18-6-3-12/h1,4,17H,2-3,5-6,8,14H2,(H,15,16). The van der Waals surface area contributed by atoms with Gasteiger partial charge in [0.25, 0.3) is 0 Å².